The molecule has 6 heteroatoms. The first-order valence-electron chi connectivity index (χ1n) is 3.81. The van der Waals surface area contributed by atoms with Crippen molar-refractivity contribution >= 4 is 17.0 Å². The summed E-state index contributed by atoms with van der Waals surface area (Å²) in [4.78, 5) is 11.6. The lowest BCUT2D eigenvalue weighted by Gasteiger charge is -1.90. The van der Waals surface area contributed by atoms with Crippen LogP contribution >= 0.6 is 0 Å². The van der Waals surface area contributed by atoms with E-state index in [4.69, 9.17) is 0 Å². The average Bonchev–Trinajstić information content (AvgIpc) is 2.04. The molecule has 0 saturated carbocycles. The van der Waals surface area contributed by atoms with E-state index in [2.05, 4.69) is 8.92 Å². The van der Waals surface area contributed by atoms with Gasteiger partial charge in [0.05, 0.1) is 14.2 Å². The van der Waals surface area contributed by atoms with E-state index < -0.39 is 11.1 Å². The summed E-state index contributed by atoms with van der Waals surface area (Å²) in [5, 5.41) is 0. The molecule has 0 aromatic rings. The highest BCUT2D eigenvalue weighted by Gasteiger charge is 1.75. The number of ether oxygens (including phenoxy) is 1. The fourth-order valence-electron chi connectivity index (χ4n) is 0. The Bertz CT molecular complexity index is 134. The van der Waals surface area contributed by atoms with Gasteiger partial charge in [-0.25, -0.2) is 4.21 Å². The summed E-state index contributed by atoms with van der Waals surface area (Å²) in [7, 11) is 8.75. The quantitative estimate of drug-likeness (QED) is 0.602. The van der Waals surface area contributed by atoms with E-state index in [0.717, 1.165) is 0 Å². The summed E-state index contributed by atoms with van der Waals surface area (Å²) in [6.07, 6.45) is 1.47. The molecule has 0 saturated heterocycles. The number of esters is 1. The number of carbonyl (C=O) groups is 1. The molecule has 1 atom stereocenters. The normalized spacial score (nSPS) is 10.3. The maximum Gasteiger partial charge on any atom is 0.302 e. The summed E-state index contributed by atoms with van der Waals surface area (Å²) in [5.41, 5.74) is 0. The Hall–Kier alpha value is -0.460. The molecule has 0 aliphatic carbocycles. The number of carbonyl (C=O) groups excluding carboxylic acids is 1. The first kappa shape index (κ1) is 19.2. The third kappa shape index (κ3) is 102. The van der Waals surface area contributed by atoms with Crippen molar-refractivity contribution in [1.29, 1.82) is 0 Å². The van der Waals surface area contributed by atoms with Crippen LogP contribution in [0.5, 0.6) is 0 Å². The van der Waals surface area contributed by atoms with Gasteiger partial charge in [-0.05, 0) is 21.1 Å². The average molecular weight is 227 g/mol. The summed E-state index contributed by atoms with van der Waals surface area (Å²) in [6, 6.07) is 0. The fourth-order valence-corrected chi connectivity index (χ4v) is 0. The van der Waals surface area contributed by atoms with Crippen molar-refractivity contribution in [2.24, 2.45) is 0 Å². The Morgan fingerprint density at radius 3 is 1.36 bits per heavy atom. The van der Waals surface area contributed by atoms with E-state index in [1.165, 1.54) is 27.4 Å². The van der Waals surface area contributed by atoms with Gasteiger partial charge in [0.1, 0.15) is 0 Å². The van der Waals surface area contributed by atoms with E-state index in [1.54, 1.807) is 0 Å². The SMILES string of the molecule is CN(C)C.COC(C)=O.COS(C)=O. The molecule has 5 nitrogen and oxygen atoms in total. The molecule has 0 aromatic carbocycles. The second-order valence-electron chi connectivity index (χ2n) is 2.61. The molecule has 0 N–H and O–H groups in total. The molecule has 0 amide bonds. The molecule has 0 rings (SSSR count). The van der Waals surface area contributed by atoms with Crippen LogP contribution in [0, 0.1) is 0 Å². The monoisotopic (exact) mass is 227 g/mol. The number of methoxy groups -OCH3 is 1. The fraction of sp³-hybridized carbons (Fsp3) is 0.875. The highest BCUT2D eigenvalue weighted by Crippen LogP contribution is 1.65. The largest absolute Gasteiger partial charge is 0.469 e. The first-order chi connectivity index (χ1) is 6.27. The molecule has 0 bridgehead atoms. The minimum atomic E-state index is -1.07. The van der Waals surface area contributed by atoms with Crippen LogP contribution < -0.4 is 0 Å². The van der Waals surface area contributed by atoms with Gasteiger partial charge in [-0.2, -0.15) is 0 Å². The standard InChI is InChI=1S/C3H9N.C3H6O2.C2H6O2S/c1-4(2)3;1-3(4)5-2;1-4-5(2)3/h1-3H3;2*1-2H3. The third-order valence-corrected chi connectivity index (χ3v) is 0.992. The molecular weight excluding hydrogens is 206 g/mol. The van der Waals surface area contributed by atoms with Gasteiger partial charge in [-0.15, -0.1) is 0 Å². The van der Waals surface area contributed by atoms with Crippen molar-refractivity contribution in [3.8, 4) is 0 Å². The second-order valence-corrected chi connectivity index (χ2v) is 3.74. The predicted molar refractivity (Wildman–Crippen MR) is 58.4 cm³/mol. The Kier molecular flexibility index (Phi) is 20.6. The molecule has 88 valence electrons. The van der Waals surface area contributed by atoms with E-state index in [1.807, 2.05) is 26.0 Å². The Balaban J connectivity index is -0.000000131. The van der Waals surface area contributed by atoms with Crippen molar-refractivity contribution < 1.29 is 17.9 Å². The molecule has 0 aromatic heterocycles. The molecule has 0 heterocycles. The van der Waals surface area contributed by atoms with Crippen molar-refractivity contribution in [2.75, 3.05) is 41.6 Å². The lowest BCUT2D eigenvalue weighted by atomic mass is 10.8. The molecule has 0 fully saturated rings. The number of hydrogen-bond acceptors (Lipinski definition) is 5. The van der Waals surface area contributed by atoms with Gasteiger partial charge in [0.15, 0.2) is 11.1 Å². The van der Waals surface area contributed by atoms with E-state index in [0.29, 0.717) is 0 Å². The van der Waals surface area contributed by atoms with Crippen LogP contribution in [0.15, 0.2) is 0 Å². The zero-order valence-electron chi connectivity index (χ0n) is 9.99. The summed E-state index contributed by atoms with van der Waals surface area (Å²) in [5.74, 6) is -0.245. The van der Waals surface area contributed by atoms with Gasteiger partial charge in [0.25, 0.3) is 0 Å². The minimum Gasteiger partial charge on any atom is -0.469 e. The summed E-state index contributed by atoms with van der Waals surface area (Å²) >= 11 is -1.07. The van der Waals surface area contributed by atoms with Crippen molar-refractivity contribution in [1.82, 2.24) is 4.90 Å². The van der Waals surface area contributed by atoms with E-state index in [-0.39, 0.29) is 5.97 Å². The maximum atomic E-state index is 9.70. The van der Waals surface area contributed by atoms with Crippen LogP contribution in [0.4, 0.5) is 0 Å². The van der Waals surface area contributed by atoms with E-state index >= 15 is 0 Å². The lowest BCUT2D eigenvalue weighted by Crippen LogP contribution is -1.99. The van der Waals surface area contributed by atoms with Gasteiger partial charge >= 0.3 is 5.97 Å². The van der Waals surface area contributed by atoms with Gasteiger partial charge in [-0.1, -0.05) is 0 Å². The van der Waals surface area contributed by atoms with Crippen LogP contribution in [0.25, 0.3) is 0 Å². The van der Waals surface area contributed by atoms with Crippen LogP contribution in [-0.2, 0) is 24.8 Å². The Morgan fingerprint density at radius 2 is 1.36 bits per heavy atom. The third-order valence-electron chi connectivity index (χ3n) is 0.522. The highest BCUT2D eigenvalue weighted by atomic mass is 32.2. The minimum absolute atomic E-state index is 0.245. The molecule has 1 unspecified atom stereocenters. The lowest BCUT2D eigenvalue weighted by molar-refractivity contribution is -0.137. The van der Waals surface area contributed by atoms with Gasteiger partial charge in [0, 0.05) is 13.2 Å². The Morgan fingerprint density at radius 1 is 1.21 bits per heavy atom. The van der Waals surface area contributed by atoms with E-state index in [9.17, 15) is 9.00 Å². The molecule has 0 spiro atoms. The summed E-state index contributed by atoms with van der Waals surface area (Å²) in [6.45, 7) is 1.36. The molecule has 0 radical (unpaired) electrons. The number of nitrogens with zero attached hydrogens (tertiary/aromatic N) is 1. The maximum absolute atomic E-state index is 9.70. The molecular formula is C8H21NO4S. The first-order valence-corrected chi connectivity index (χ1v) is 5.29. The predicted octanol–water partition coefficient (Wildman–Crippen LogP) is 0.283. The number of rotatable bonds is 1. The second kappa shape index (κ2) is 15.0. The molecule has 0 aliphatic rings. The van der Waals surface area contributed by atoms with Crippen LogP contribution in [0.1, 0.15) is 6.92 Å². The zero-order valence-corrected chi connectivity index (χ0v) is 10.8. The zero-order chi connectivity index (χ0) is 12.1. The smallest absolute Gasteiger partial charge is 0.302 e. The highest BCUT2D eigenvalue weighted by molar-refractivity contribution is 7.79. The molecule has 0 aliphatic heterocycles. The van der Waals surface area contributed by atoms with Crippen LogP contribution in [0.2, 0.25) is 0 Å². The van der Waals surface area contributed by atoms with Crippen molar-refractivity contribution in [3.63, 3.8) is 0 Å². The van der Waals surface area contributed by atoms with Crippen molar-refractivity contribution in [3.05, 3.63) is 0 Å². The van der Waals surface area contributed by atoms with Gasteiger partial charge < -0.3 is 9.64 Å². The van der Waals surface area contributed by atoms with Gasteiger partial charge in [-0.3, -0.25) is 8.98 Å². The van der Waals surface area contributed by atoms with Gasteiger partial charge in [0.2, 0.25) is 0 Å². The number of hydrogen-bond donors (Lipinski definition) is 0. The van der Waals surface area contributed by atoms with Crippen molar-refractivity contribution in [2.45, 2.75) is 6.92 Å². The Labute approximate surface area is 89.0 Å². The topological polar surface area (TPSA) is 55.8 Å². The van der Waals surface area contributed by atoms with Crippen LogP contribution in [0.3, 0.4) is 0 Å². The summed E-state index contributed by atoms with van der Waals surface area (Å²) < 4.78 is 18.0. The molecule has 14 heavy (non-hydrogen) atoms. The van der Waals surface area contributed by atoms with Crippen LogP contribution in [-0.4, -0.2) is 56.7 Å².